The minimum absolute atomic E-state index is 0.00148. The minimum Gasteiger partial charge on any atom is -0.396 e. The first kappa shape index (κ1) is 22.3. The molecule has 8 heteroatoms. The van der Waals surface area contributed by atoms with Gasteiger partial charge in [0, 0.05) is 10.9 Å². The van der Waals surface area contributed by atoms with Crippen molar-refractivity contribution in [1.29, 1.82) is 0 Å². The summed E-state index contributed by atoms with van der Waals surface area (Å²) in [6.45, 7) is 1.97. The Kier molecular flexibility index (Phi) is 5.56. The van der Waals surface area contributed by atoms with Crippen molar-refractivity contribution in [2.24, 2.45) is 0 Å². The van der Waals surface area contributed by atoms with Crippen molar-refractivity contribution in [3.63, 3.8) is 0 Å². The summed E-state index contributed by atoms with van der Waals surface area (Å²) < 4.78 is 29.2. The molecule has 0 unspecified atom stereocenters. The summed E-state index contributed by atoms with van der Waals surface area (Å²) >= 11 is 0. The summed E-state index contributed by atoms with van der Waals surface area (Å²) in [5.74, 6) is -0.914. The van der Waals surface area contributed by atoms with E-state index in [0.717, 1.165) is 11.1 Å². The van der Waals surface area contributed by atoms with Crippen molar-refractivity contribution in [2.75, 3.05) is 11.5 Å². The maximum Gasteiger partial charge on any atom is 0.214 e. The van der Waals surface area contributed by atoms with Gasteiger partial charge in [-0.1, -0.05) is 24.3 Å². The van der Waals surface area contributed by atoms with Gasteiger partial charge >= 0.3 is 0 Å². The molecule has 176 valence electrons. The molecule has 0 spiro atoms. The van der Waals surface area contributed by atoms with Gasteiger partial charge in [-0.2, -0.15) is 5.10 Å². The molecule has 6 nitrogen and oxygen atoms in total. The molecule has 2 heterocycles. The number of hydrogen-bond acceptors (Lipinski definition) is 4. The van der Waals surface area contributed by atoms with Crippen LogP contribution in [0.25, 0.3) is 16.6 Å². The number of nitrogens with zero attached hydrogens (tertiary/aromatic N) is 2. The number of rotatable bonds is 6. The number of aromatic nitrogens is 3. The third kappa shape index (κ3) is 4.14. The second-order valence-corrected chi connectivity index (χ2v) is 8.53. The Labute approximate surface area is 200 Å². The molecule has 0 aliphatic carbocycles. The van der Waals surface area contributed by atoms with Crippen LogP contribution in [0.5, 0.6) is 0 Å². The molecule has 5 rings (SSSR count). The molecule has 3 aromatic carbocycles. The maximum absolute atomic E-state index is 13.9. The van der Waals surface area contributed by atoms with Gasteiger partial charge in [0.2, 0.25) is 5.78 Å². The lowest BCUT2D eigenvalue weighted by Crippen LogP contribution is -2.08. The quantitative estimate of drug-likeness (QED) is 0.236. The van der Waals surface area contributed by atoms with Crippen molar-refractivity contribution in [1.82, 2.24) is 14.8 Å². The fraction of sp³-hybridized carbons (Fsp3) is 0.111. The number of aryl methyl sites for hydroxylation is 3. The van der Waals surface area contributed by atoms with Gasteiger partial charge in [0.05, 0.1) is 28.8 Å². The second kappa shape index (κ2) is 8.72. The first-order valence-corrected chi connectivity index (χ1v) is 11.1. The van der Waals surface area contributed by atoms with Crippen LogP contribution in [0, 0.1) is 18.6 Å². The number of halogens is 2. The zero-order valence-electron chi connectivity index (χ0n) is 19.0. The maximum atomic E-state index is 13.9. The van der Waals surface area contributed by atoms with E-state index in [2.05, 4.69) is 10.1 Å². The molecule has 0 fully saturated rings. The van der Waals surface area contributed by atoms with Crippen LogP contribution in [-0.2, 0) is 12.8 Å². The van der Waals surface area contributed by atoms with Crippen molar-refractivity contribution >= 4 is 28.2 Å². The monoisotopic (exact) mass is 471 g/mol. The third-order valence-electron chi connectivity index (χ3n) is 6.23. The van der Waals surface area contributed by atoms with Gasteiger partial charge in [0.15, 0.2) is 0 Å². The highest BCUT2D eigenvalue weighted by atomic mass is 19.1. The molecule has 5 aromatic rings. The van der Waals surface area contributed by atoms with E-state index in [1.807, 2.05) is 31.2 Å². The van der Waals surface area contributed by atoms with Crippen LogP contribution >= 0.6 is 0 Å². The number of carbonyl (C=O) groups is 1. The molecular formula is C27H23F2N5O. The smallest absolute Gasteiger partial charge is 0.214 e. The average Bonchev–Trinajstić information content (AvgIpc) is 3.42. The molecule has 0 amide bonds. The van der Waals surface area contributed by atoms with Gasteiger partial charge in [0.25, 0.3) is 0 Å². The van der Waals surface area contributed by atoms with Crippen LogP contribution in [-0.4, -0.2) is 20.5 Å². The Bertz CT molecular complexity index is 1550. The van der Waals surface area contributed by atoms with E-state index in [9.17, 15) is 13.6 Å². The summed E-state index contributed by atoms with van der Waals surface area (Å²) in [4.78, 5) is 16.1. The van der Waals surface area contributed by atoms with Crippen LogP contribution in [0.2, 0.25) is 0 Å². The molecule has 0 bridgehead atoms. The summed E-state index contributed by atoms with van der Waals surface area (Å²) in [6, 6.07) is 16.8. The van der Waals surface area contributed by atoms with E-state index in [4.69, 9.17) is 11.5 Å². The number of fused-ring (bicyclic) bond motifs is 1. The first-order chi connectivity index (χ1) is 16.8. The molecule has 0 radical (unpaired) electrons. The Hall–Kier alpha value is -4.46. The number of hydrogen-bond donors (Lipinski definition) is 3. The van der Waals surface area contributed by atoms with Crippen molar-refractivity contribution < 1.29 is 13.6 Å². The lowest BCUT2D eigenvalue weighted by molar-refractivity contribution is 0.103. The standard InChI is InChI=1S/C27H23F2N5O/c1-15-10-19(9-8-16(15)6-7-17-4-2-3-5-21(17)28)34-27(31)20(14-32-34)26(35)25-12-18-11-22(29)23(30)13-24(18)33-25/h2-5,8-14,33H,6-7,30-31H2,1H3. The number of ketones is 1. The molecule has 0 aliphatic heterocycles. The van der Waals surface area contributed by atoms with Crippen LogP contribution < -0.4 is 11.5 Å². The highest BCUT2D eigenvalue weighted by Crippen LogP contribution is 2.26. The van der Waals surface area contributed by atoms with Gasteiger partial charge in [-0.25, -0.2) is 13.5 Å². The largest absolute Gasteiger partial charge is 0.396 e. The van der Waals surface area contributed by atoms with E-state index in [0.29, 0.717) is 35.0 Å². The van der Waals surface area contributed by atoms with Crippen LogP contribution in [0.1, 0.15) is 32.7 Å². The van der Waals surface area contributed by atoms with Crippen LogP contribution in [0.15, 0.2) is 66.9 Å². The zero-order valence-corrected chi connectivity index (χ0v) is 19.0. The topological polar surface area (TPSA) is 103 Å². The number of nitrogens with one attached hydrogen (secondary N) is 1. The fourth-order valence-corrected chi connectivity index (χ4v) is 4.24. The Morgan fingerprint density at radius 1 is 0.971 bits per heavy atom. The van der Waals surface area contributed by atoms with Gasteiger partial charge in [-0.15, -0.1) is 0 Å². The molecule has 5 N–H and O–H groups in total. The summed E-state index contributed by atoms with van der Waals surface area (Å²) in [5, 5.41) is 4.85. The molecule has 35 heavy (non-hydrogen) atoms. The molecular weight excluding hydrogens is 448 g/mol. The van der Waals surface area contributed by atoms with Gasteiger partial charge < -0.3 is 16.5 Å². The predicted octanol–water partition coefficient (Wildman–Crippen LogP) is 5.12. The number of nitrogen functional groups attached to an aromatic ring is 2. The van der Waals surface area contributed by atoms with Gasteiger partial charge in [-0.05, 0) is 72.9 Å². The summed E-state index contributed by atoms with van der Waals surface area (Å²) in [5.41, 5.74) is 16.4. The Balaban J connectivity index is 1.39. The molecule has 0 saturated carbocycles. The number of H-pyrrole nitrogens is 1. The van der Waals surface area contributed by atoms with Crippen molar-refractivity contribution in [2.45, 2.75) is 19.8 Å². The zero-order chi connectivity index (χ0) is 24.7. The second-order valence-electron chi connectivity index (χ2n) is 8.53. The van der Waals surface area contributed by atoms with E-state index in [1.165, 1.54) is 29.1 Å². The van der Waals surface area contributed by atoms with E-state index < -0.39 is 5.82 Å². The van der Waals surface area contributed by atoms with Gasteiger partial charge in [0.1, 0.15) is 17.5 Å². The summed E-state index contributed by atoms with van der Waals surface area (Å²) in [6.07, 6.45) is 2.70. The molecule has 0 aliphatic rings. The van der Waals surface area contributed by atoms with E-state index in [-0.39, 0.29) is 34.4 Å². The number of nitrogens with two attached hydrogens (primary N) is 2. The minimum atomic E-state index is -0.546. The fourth-order valence-electron chi connectivity index (χ4n) is 4.24. The highest BCUT2D eigenvalue weighted by molar-refractivity contribution is 6.12. The van der Waals surface area contributed by atoms with Gasteiger partial charge in [-0.3, -0.25) is 4.79 Å². The summed E-state index contributed by atoms with van der Waals surface area (Å²) in [7, 11) is 0. The predicted molar refractivity (Wildman–Crippen MR) is 133 cm³/mol. The number of carbonyl (C=O) groups excluding carboxylic acids is 1. The molecule has 2 aromatic heterocycles. The lowest BCUT2D eigenvalue weighted by atomic mass is 10.00. The van der Waals surface area contributed by atoms with Crippen LogP contribution in [0.4, 0.5) is 20.3 Å². The third-order valence-corrected chi connectivity index (χ3v) is 6.23. The molecule has 0 atom stereocenters. The SMILES string of the molecule is Cc1cc(-n2ncc(C(=O)c3cc4cc(F)c(N)cc4[nH]3)c2N)ccc1CCc1ccccc1F. The number of anilines is 2. The number of aromatic amines is 1. The lowest BCUT2D eigenvalue weighted by Gasteiger charge is -2.11. The van der Waals surface area contributed by atoms with Crippen molar-refractivity contribution in [3.05, 3.63) is 106 Å². The number of benzene rings is 3. The Morgan fingerprint density at radius 2 is 1.74 bits per heavy atom. The van der Waals surface area contributed by atoms with Crippen LogP contribution in [0.3, 0.4) is 0 Å². The Morgan fingerprint density at radius 3 is 2.51 bits per heavy atom. The molecule has 0 saturated heterocycles. The van der Waals surface area contributed by atoms with E-state index in [1.54, 1.807) is 18.2 Å². The van der Waals surface area contributed by atoms with Crippen molar-refractivity contribution in [3.8, 4) is 5.69 Å². The average molecular weight is 472 g/mol. The normalized spacial score (nSPS) is 11.3. The highest BCUT2D eigenvalue weighted by Gasteiger charge is 2.20. The van der Waals surface area contributed by atoms with E-state index >= 15 is 0 Å². The first-order valence-electron chi connectivity index (χ1n) is 11.1.